The summed E-state index contributed by atoms with van der Waals surface area (Å²) in [5.74, 6) is 0.0333. The van der Waals surface area contributed by atoms with E-state index in [0.29, 0.717) is 51.1 Å². The largest absolute Gasteiger partial charge is 0.519 e. The molecule has 0 rings (SSSR count). The van der Waals surface area contributed by atoms with E-state index < -0.39 is 46.9 Å². The lowest BCUT2D eigenvalue weighted by Crippen LogP contribution is -2.35. The first kappa shape index (κ1) is 49.4. The quantitative estimate of drug-likeness (QED) is 0.0779. The van der Waals surface area contributed by atoms with Crippen LogP contribution in [-0.4, -0.2) is 85.4 Å². The second kappa shape index (κ2) is 24.8. The molecule has 0 aromatic rings. The summed E-state index contributed by atoms with van der Waals surface area (Å²) >= 11 is 0. The number of carbonyl (C=O) groups is 5. The Balaban J connectivity index is -0.000000275. The lowest BCUT2D eigenvalue weighted by molar-refractivity contribution is -0.115. The highest BCUT2D eigenvalue weighted by Gasteiger charge is 2.24. The van der Waals surface area contributed by atoms with Gasteiger partial charge in [-0.15, -0.1) is 0 Å². The Hall–Kier alpha value is -3.43. The number of ketones is 1. The van der Waals surface area contributed by atoms with E-state index in [1.54, 1.807) is 69.2 Å². The molecule has 0 aliphatic carbocycles. The first-order valence-corrected chi connectivity index (χ1v) is 15.0. The van der Waals surface area contributed by atoms with Crippen LogP contribution >= 0.6 is 0 Å². The van der Waals surface area contributed by atoms with Gasteiger partial charge in [-0.1, -0.05) is 6.58 Å². The molecule has 2 amide bonds. The lowest BCUT2D eigenvalue weighted by Gasteiger charge is -2.20. The topological polar surface area (TPSA) is 234 Å². The van der Waals surface area contributed by atoms with Crippen LogP contribution in [0.25, 0.3) is 0 Å². The molecule has 0 saturated carbocycles. The van der Waals surface area contributed by atoms with Crippen LogP contribution in [0.1, 0.15) is 103 Å². The average molecular weight is 666 g/mol. The van der Waals surface area contributed by atoms with Gasteiger partial charge in [-0.2, -0.15) is 0 Å². The molecule has 46 heavy (non-hydrogen) atoms. The number of nitrogens with one attached hydrogen (secondary N) is 2. The van der Waals surface area contributed by atoms with Crippen molar-refractivity contribution in [3.63, 3.8) is 0 Å². The molecule has 15 heteroatoms. The number of Topliss-reactive ketones (excluding diaryl/α,β-unsaturated/α-hetero) is 1. The first-order chi connectivity index (χ1) is 20.6. The normalized spacial score (nSPS) is 10.9. The molecule has 0 radical (unpaired) electrons. The molecule has 0 bridgehead atoms. The van der Waals surface area contributed by atoms with Crippen molar-refractivity contribution in [1.29, 1.82) is 0 Å². The Kier molecular flexibility index (Phi) is 26.6. The van der Waals surface area contributed by atoms with Crippen LogP contribution in [-0.2, 0) is 28.5 Å². The van der Waals surface area contributed by atoms with E-state index >= 15 is 0 Å². The standard InChI is InChI=1S/C12H21NO3.C10H18O5.C7H16N2O2.C2H8N2/c1-9(2)10(14)7-6-8-13-11(15)16-12(3,4)5;1-9(2,3)14-7(11)13-8(12)15-10(4,5)6;1-7(2,3)11-6(10)9-5-4-8;3-1-2-4/h1,6-8H2,2-5H3,(H,13,15);1-6H3;4-5,8H2,1-3H3,(H,9,10);1-4H2. The Morgan fingerprint density at radius 3 is 1.15 bits per heavy atom. The van der Waals surface area contributed by atoms with Crippen LogP contribution in [0.4, 0.5) is 19.2 Å². The molecule has 0 saturated heterocycles. The Bertz CT molecular complexity index is 885. The maximum absolute atomic E-state index is 11.2. The summed E-state index contributed by atoms with van der Waals surface area (Å²) in [7, 11) is 0. The van der Waals surface area contributed by atoms with Gasteiger partial charge < -0.3 is 51.5 Å². The van der Waals surface area contributed by atoms with Crippen LogP contribution in [0.2, 0.25) is 0 Å². The maximum atomic E-state index is 11.2. The zero-order valence-electron chi connectivity index (χ0n) is 30.5. The number of amides is 2. The van der Waals surface area contributed by atoms with Gasteiger partial charge in [0.05, 0.1) is 0 Å². The smallest absolute Gasteiger partial charge is 0.444 e. The van der Waals surface area contributed by atoms with Gasteiger partial charge in [-0.05, 0) is 102 Å². The van der Waals surface area contributed by atoms with Crippen molar-refractivity contribution in [2.45, 2.75) is 125 Å². The number of hydrogen-bond donors (Lipinski definition) is 5. The van der Waals surface area contributed by atoms with Crippen LogP contribution in [0, 0.1) is 0 Å². The van der Waals surface area contributed by atoms with Gasteiger partial charge in [0.15, 0.2) is 5.78 Å². The number of rotatable bonds is 8. The summed E-state index contributed by atoms with van der Waals surface area (Å²) in [5, 5.41) is 5.09. The highest BCUT2D eigenvalue weighted by Crippen LogP contribution is 2.12. The SMILES string of the molecule is C=C(C)C(=O)CCCNC(=O)OC(C)(C)C.CC(C)(C)OC(=O)NCCN.CC(C)(C)OC(=O)OC(=O)OC(C)(C)C.NCCN. The number of ether oxygens (including phenoxy) is 5. The average Bonchev–Trinajstić information content (AvgIpc) is 2.81. The van der Waals surface area contributed by atoms with Gasteiger partial charge in [0.1, 0.15) is 22.4 Å². The molecule has 0 aliphatic rings. The summed E-state index contributed by atoms with van der Waals surface area (Å²) < 4.78 is 23.8. The van der Waals surface area contributed by atoms with Crippen molar-refractivity contribution in [3.8, 4) is 0 Å². The van der Waals surface area contributed by atoms with E-state index in [9.17, 15) is 24.0 Å². The fourth-order valence-electron chi connectivity index (χ4n) is 2.07. The zero-order chi connectivity index (χ0) is 37.4. The third kappa shape index (κ3) is 47.5. The van der Waals surface area contributed by atoms with E-state index in [4.69, 9.17) is 36.1 Å². The predicted molar refractivity (Wildman–Crippen MR) is 178 cm³/mol. The second-order valence-electron chi connectivity index (χ2n) is 13.6. The highest BCUT2D eigenvalue weighted by molar-refractivity contribution is 5.94. The van der Waals surface area contributed by atoms with Crippen LogP contribution in [0.5, 0.6) is 0 Å². The maximum Gasteiger partial charge on any atom is 0.519 e. The minimum atomic E-state index is -1.06. The number of carbonyl (C=O) groups excluding carboxylic acids is 5. The zero-order valence-corrected chi connectivity index (χ0v) is 30.5. The van der Waals surface area contributed by atoms with Crippen molar-refractivity contribution in [2.75, 3.05) is 32.7 Å². The van der Waals surface area contributed by atoms with Crippen molar-refractivity contribution in [2.24, 2.45) is 17.2 Å². The third-order valence-corrected chi connectivity index (χ3v) is 3.65. The van der Waals surface area contributed by atoms with Crippen molar-refractivity contribution in [1.82, 2.24) is 10.6 Å². The molecule has 272 valence electrons. The van der Waals surface area contributed by atoms with Crippen molar-refractivity contribution >= 4 is 30.3 Å². The molecule has 0 aromatic carbocycles. The van der Waals surface area contributed by atoms with Crippen LogP contribution in [0.15, 0.2) is 12.2 Å². The van der Waals surface area contributed by atoms with Crippen LogP contribution < -0.4 is 27.8 Å². The van der Waals surface area contributed by atoms with E-state index in [2.05, 4.69) is 21.9 Å². The Morgan fingerprint density at radius 1 is 0.565 bits per heavy atom. The van der Waals surface area contributed by atoms with Crippen molar-refractivity contribution < 1.29 is 47.7 Å². The summed E-state index contributed by atoms with van der Waals surface area (Å²) in [5.41, 5.74) is 13.2. The minimum Gasteiger partial charge on any atom is -0.444 e. The molecule has 0 unspecified atom stereocenters. The molecule has 0 fully saturated rings. The summed E-state index contributed by atoms with van der Waals surface area (Å²) in [6.45, 7) is 28.6. The highest BCUT2D eigenvalue weighted by atomic mass is 16.8. The molecule has 0 spiro atoms. The molecule has 0 aromatic heterocycles. The fourth-order valence-corrected chi connectivity index (χ4v) is 2.07. The van der Waals surface area contributed by atoms with E-state index in [0.717, 1.165) is 0 Å². The number of alkyl carbamates (subject to hydrolysis) is 2. The lowest BCUT2D eigenvalue weighted by atomic mass is 10.1. The number of allylic oxidation sites excluding steroid dienone is 1. The van der Waals surface area contributed by atoms with Gasteiger partial charge in [-0.3, -0.25) is 4.79 Å². The van der Waals surface area contributed by atoms with E-state index in [-0.39, 0.29) is 5.78 Å². The first-order valence-electron chi connectivity index (χ1n) is 15.0. The monoisotopic (exact) mass is 665 g/mol. The van der Waals surface area contributed by atoms with Gasteiger partial charge >= 0.3 is 24.5 Å². The number of nitrogens with two attached hydrogens (primary N) is 3. The molecule has 0 heterocycles. The molecule has 8 N–H and O–H groups in total. The molecular weight excluding hydrogens is 602 g/mol. The van der Waals surface area contributed by atoms with Crippen LogP contribution in [0.3, 0.4) is 0 Å². The Labute approximate surface area is 276 Å². The minimum absolute atomic E-state index is 0.0333. The summed E-state index contributed by atoms with van der Waals surface area (Å²) in [4.78, 5) is 55.2. The Morgan fingerprint density at radius 2 is 0.891 bits per heavy atom. The predicted octanol–water partition coefficient (Wildman–Crippen LogP) is 4.68. The summed E-state index contributed by atoms with van der Waals surface area (Å²) in [6, 6.07) is 0. The van der Waals surface area contributed by atoms with Gasteiger partial charge in [0.25, 0.3) is 0 Å². The van der Waals surface area contributed by atoms with E-state index in [1.807, 2.05) is 20.8 Å². The molecule has 0 aliphatic heterocycles. The second-order valence-corrected chi connectivity index (χ2v) is 13.6. The van der Waals surface area contributed by atoms with Gasteiger partial charge in [-0.25, -0.2) is 19.2 Å². The summed E-state index contributed by atoms with van der Waals surface area (Å²) in [6.07, 6.45) is -1.97. The molecular formula is C31H63N5O10. The molecule has 0 atom stereocenters. The van der Waals surface area contributed by atoms with Gasteiger partial charge in [0.2, 0.25) is 0 Å². The fraction of sp³-hybridized carbons (Fsp3) is 0.774. The van der Waals surface area contributed by atoms with Crippen molar-refractivity contribution in [3.05, 3.63) is 12.2 Å². The third-order valence-electron chi connectivity index (χ3n) is 3.65. The molecule has 15 nitrogen and oxygen atoms in total. The van der Waals surface area contributed by atoms with E-state index in [1.165, 1.54) is 0 Å². The number of hydrogen-bond acceptors (Lipinski definition) is 13. The van der Waals surface area contributed by atoms with Gasteiger partial charge in [0, 0.05) is 39.1 Å².